The molecule has 1 amide bonds. The SMILES string of the molecule is CC(c1ccc(F)cc1)N(C)C(=O)c1[nH]c2ccccc2c1Br. The summed E-state index contributed by atoms with van der Waals surface area (Å²) >= 11 is 3.51. The van der Waals surface area contributed by atoms with Crippen LogP contribution in [0.4, 0.5) is 4.39 Å². The molecule has 0 saturated carbocycles. The highest BCUT2D eigenvalue weighted by molar-refractivity contribution is 9.10. The van der Waals surface area contributed by atoms with E-state index in [1.807, 2.05) is 31.2 Å². The van der Waals surface area contributed by atoms with E-state index in [4.69, 9.17) is 0 Å². The maximum absolute atomic E-state index is 13.1. The van der Waals surface area contributed by atoms with Gasteiger partial charge in [0.2, 0.25) is 0 Å². The first-order valence-corrected chi connectivity index (χ1v) is 8.07. The molecule has 0 bridgehead atoms. The topological polar surface area (TPSA) is 36.1 Å². The summed E-state index contributed by atoms with van der Waals surface area (Å²) in [5.74, 6) is -0.404. The van der Waals surface area contributed by atoms with Gasteiger partial charge in [-0.2, -0.15) is 0 Å². The second-order valence-corrected chi connectivity index (χ2v) is 6.30. The molecule has 1 heterocycles. The zero-order chi connectivity index (χ0) is 16.6. The second kappa shape index (κ2) is 6.16. The number of carbonyl (C=O) groups is 1. The summed E-state index contributed by atoms with van der Waals surface area (Å²) in [7, 11) is 1.74. The van der Waals surface area contributed by atoms with Gasteiger partial charge in [-0.15, -0.1) is 0 Å². The van der Waals surface area contributed by atoms with Gasteiger partial charge in [0.25, 0.3) is 5.91 Å². The number of benzene rings is 2. The van der Waals surface area contributed by atoms with E-state index in [1.165, 1.54) is 12.1 Å². The lowest BCUT2D eigenvalue weighted by molar-refractivity contribution is 0.0736. The van der Waals surface area contributed by atoms with Crippen LogP contribution in [0.2, 0.25) is 0 Å². The molecule has 23 heavy (non-hydrogen) atoms. The van der Waals surface area contributed by atoms with Crippen LogP contribution in [0.5, 0.6) is 0 Å². The van der Waals surface area contributed by atoms with Crippen molar-refractivity contribution in [2.75, 3.05) is 7.05 Å². The van der Waals surface area contributed by atoms with Crippen molar-refractivity contribution >= 4 is 32.7 Å². The average molecular weight is 375 g/mol. The van der Waals surface area contributed by atoms with Crippen molar-refractivity contribution in [3.8, 4) is 0 Å². The van der Waals surface area contributed by atoms with Crippen LogP contribution >= 0.6 is 15.9 Å². The third kappa shape index (κ3) is 2.88. The maximum Gasteiger partial charge on any atom is 0.271 e. The van der Waals surface area contributed by atoms with Crippen molar-refractivity contribution in [1.82, 2.24) is 9.88 Å². The van der Waals surface area contributed by atoms with E-state index in [1.54, 1.807) is 24.1 Å². The fourth-order valence-electron chi connectivity index (χ4n) is 2.57. The zero-order valence-corrected chi connectivity index (χ0v) is 14.4. The Kier molecular flexibility index (Phi) is 4.22. The van der Waals surface area contributed by atoms with Gasteiger partial charge in [0.1, 0.15) is 11.5 Å². The van der Waals surface area contributed by atoms with Crippen LogP contribution in [0.3, 0.4) is 0 Å². The Hall–Kier alpha value is -2.14. The van der Waals surface area contributed by atoms with Gasteiger partial charge < -0.3 is 9.88 Å². The average Bonchev–Trinajstić information content (AvgIpc) is 2.91. The van der Waals surface area contributed by atoms with Gasteiger partial charge >= 0.3 is 0 Å². The summed E-state index contributed by atoms with van der Waals surface area (Å²) < 4.78 is 13.8. The molecule has 3 rings (SSSR count). The van der Waals surface area contributed by atoms with Gasteiger partial charge in [0.05, 0.1) is 10.5 Å². The van der Waals surface area contributed by atoms with Crippen LogP contribution in [0.25, 0.3) is 10.9 Å². The van der Waals surface area contributed by atoms with E-state index >= 15 is 0 Å². The number of amides is 1. The first-order valence-electron chi connectivity index (χ1n) is 7.28. The summed E-state index contributed by atoms with van der Waals surface area (Å²) in [6.45, 7) is 1.92. The van der Waals surface area contributed by atoms with Crippen LogP contribution in [0.1, 0.15) is 29.0 Å². The van der Waals surface area contributed by atoms with E-state index < -0.39 is 0 Å². The molecule has 0 aliphatic rings. The summed E-state index contributed by atoms with van der Waals surface area (Å²) in [6, 6.07) is 13.8. The number of carbonyl (C=O) groups excluding carboxylic acids is 1. The highest BCUT2D eigenvalue weighted by Crippen LogP contribution is 2.30. The molecule has 1 N–H and O–H groups in total. The number of nitrogens with one attached hydrogen (secondary N) is 1. The Morgan fingerprint density at radius 1 is 1.17 bits per heavy atom. The molecule has 1 aromatic heterocycles. The highest BCUT2D eigenvalue weighted by Gasteiger charge is 2.23. The van der Waals surface area contributed by atoms with Crippen molar-refractivity contribution in [3.05, 3.63) is 70.1 Å². The van der Waals surface area contributed by atoms with Gasteiger partial charge in [0.15, 0.2) is 0 Å². The molecular formula is C18H16BrFN2O. The van der Waals surface area contributed by atoms with Crippen LogP contribution in [-0.2, 0) is 0 Å². The lowest BCUT2D eigenvalue weighted by Crippen LogP contribution is -2.30. The largest absolute Gasteiger partial charge is 0.350 e. The number of nitrogens with zero attached hydrogens (tertiary/aromatic N) is 1. The second-order valence-electron chi connectivity index (χ2n) is 5.50. The molecule has 118 valence electrons. The number of halogens is 2. The molecule has 0 saturated heterocycles. The minimum absolute atomic E-state index is 0.120. The van der Waals surface area contributed by atoms with Crippen LogP contribution in [-0.4, -0.2) is 22.8 Å². The number of hydrogen-bond acceptors (Lipinski definition) is 1. The minimum atomic E-state index is -0.284. The van der Waals surface area contributed by atoms with Gasteiger partial charge in [-0.05, 0) is 46.6 Å². The summed E-state index contributed by atoms with van der Waals surface area (Å²) in [5.41, 5.74) is 2.31. The lowest BCUT2D eigenvalue weighted by atomic mass is 10.1. The number of aromatic amines is 1. The third-order valence-electron chi connectivity index (χ3n) is 4.11. The Bertz CT molecular complexity index is 857. The van der Waals surface area contributed by atoms with Gasteiger partial charge in [-0.25, -0.2) is 4.39 Å². The standard InChI is InChI=1S/C18H16BrFN2O/c1-11(12-7-9-13(20)10-8-12)22(2)18(23)17-16(19)14-5-3-4-6-15(14)21-17/h3-11,21H,1-2H3. The quantitative estimate of drug-likeness (QED) is 0.694. The molecule has 0 radical (unpaired) electrons. The Morgan fingerprint density at radius 2 is 1.83 bits per heavy atom. The zero-order valence-electron chi connectivity index (χ0n) is 12.8. The van der Waals surface area contributed by atoms with Crippen LogP contribution in [0.15, 0.2) is 53.0 Å². The van der Waals surface area contributed by atoms with E-state index in [2.05, 4.69) is 20.9 Å². The third-order valence-corrected chi connectivity index (χ3v) is 4.93. The molecule has 0 fully saturated rings. The van der Waals surface area contributed by atoms with Crippen molar-refractivity contribution in [1.29, 1.82) is 0 Å². The Labute approximate surface area is 142 Å². The molecule has 5 heteroatoms. The first-order chi connectivity index (χ1) is 11.0. The molecule has 0 aliphatic carbocycles. The monoisotopic (exact) mass is 374 g/mol. The first kappa shape index (κ1) is 15.7. The Morgan fingerprint density at radius 3 is 2.48 bits per heavy atom. The van der Waals surface area contributed by atoms with E-state index in [0.29, 0.717) is 5.69 Å². The van der Waals surface area contributed by atoms with Gasteiger partial charge in [0, 0.05) is 18.0 Å². The number of aromatic nitrogens is 1. The Balaban J connectivity index is 1.91. The molecule has 1 atom stereocenters. The summed E-state index contributed by atoms with van der Waals surface area (Å²) in [4.78, 5) is 17.6. The number of H-pyrrole nitrogens is 1. The van der Waals surface area contributed by atoms with Crippen molar-refractivity contribution in [3.63, 3.8) is 0 Å². The molecule has 3 aromatic rings. The molecule has 2 aromatic carbocycles. The summed E-state index contributed by atoms with van der Waals surface area (Å²) in [5, 5.41) is 0.971. The van der Waals surface area contributed by atoms with Crippen molar-refractivity contribution in [2.24, 2.45) is 0 Å². The van der Waals surface area contributed by atoms with E-state index in [9.17, 15) is 9.18 Å². The minimum Gasteiger partial charge on any atom is -0.350 e. The number of rotatable bonds is 3. The molecular weight excluding hydrogens is 359 g/mol. The normalized spacial score (nSPS) is 12.3. The van der Waals surface area contributed by atoms with E-state index in [0.717, 1.165) is 20.9 Å². The summed E-state index contributed by atoms with van der Waals surface area (Å²) in [6.07, 6.45) is 0. The fourth-order valence-corrected chi connectivity index (χ4v) is 3.19. The molecule has 0 aliphatic heterocycles. The number of para-hydroxylation sites is 1. The van der Waals surface area contributed by atoms with Crippen LogP contribution < -0.4 is 0 Å². The highest BCUT2D eigenvalue weighted by atomic mass is 79.9. The van der Waals surface area contributed by atoms with E-state index in [-0.39, 0.29) is 17.8 Å². The maximum atomic E-state index is 13.1. The van der Waals surface area contributed by atoms with Crippen molar-refractivity contribution < 1.29 is 9.18 Å². The molecule has 0 spiro atoms. The smallest absolute Gasteiger partial charge is 0.271 e. The molecule has 3 nitrogen and oxygen atoms in total. The van der Waals surface area contributed by atoms with Crippen LogP contribution in [0, 0.1) is 5.82 Å². The van der Waals surface area contributed by atoms with Gasteiger partial charge in [-0.1, -0.05) is 30.3 Å². The van der Waals surface area contributed by atoms with Gasteiger partial charge in [-0.3, -0.25) is 4.79 Å². The predicted molar refractivity (Wildman–Crippen MR) is 92.9 cm³/mol. The molecule has 1 unspecified atom stereocenters. The van der Waals surface area contributed by atoms with Crippen molar-refractivity contribution in [2.45, 2.75) is 13.0 Å². The predicted octanol–water partition coefficient (Wildman–Crippen LogP) is 4.90. The lowest BCUT2D eigenvalue weighted by Gasteiger charge is -2.25. The number of fused-ring (bicyclic) bond motifs is 1. The number of hydrogen-bond donors (Lipinski definition) is 1. The fraction of sp³-hybridized carbons (Fsp3) is 0.167.